The van der Waals surface area contributed by atoms with Crippen molar-refractivity contribution in [3.8, 4) is 17.7 Å². The Bertz CT molecular complexity index is 727. The minimum atomic E-state index is -0.614. The largest absolute Gasteiger partial charge is 0.429 e. The predicted octanol–water partition coefficient (Wildman–Crippen LogP) is 2.84. The predicted molar refractivity (Wildman–Crippen MR) is 79.3 cm³/mol. The van der Waals surface area contributed by atoms with Crippen LogP contribution in [0.4, 0.5) is 11.4 Å². The summed E-state index contributed by atoms with van der Waals surface area (Å²) in [5, 5.41) is 19.9. The average molecular weight is 382 g/mol. The van der Waals surface area contributed by atoms with Crippen LogP contribution in [-0.2, 0) is 0 Å². The van der Waals surface area contributed by atoms with E-state index in [-0.39, 0.29) is 28.6 Å². The molecule has 0 fully saturated rings. The minimum Gasteiger partial charge on any atom is -0.429 e. The number of nitro groups is 1. The van der Waals surface area contributed by atoms with Crippen LogP contribution in [0, 0.1) is 25.0 Å². The molecule has 0 amide bonds. The summed E-state index contributed by atoms with van der Waals surface area (Å²) in [4.78, 5) is 14.4. The topological polar surface area (TPSA) is 115 Å². The Labute approximate surface area is 127 Å². The van der Waals surface area contributed by atoms with E-state index in [1.807, 2.05) is 28.7 Å². The number of aromatic nitrogens is 1. The fraction of sp³-hybridized carbons (Fsp3) is 0. The summed E-state index contributed by atoms with van der Waals surface area (Å²) < 4.78 is 5.87. The van der Waals surface area contributed by atoms with Crippen molar-refractivity contribution in [1.82, 2.24) is 4.98 Å². The van der Waals surface area contributed by atoms with Crippen LogP contribution in [-0.4, -0.2) is 9.91 Å². The van der Waals surface area contributed by atoms with E-state index in [9.17, 15) is 10.1 Å². The standard InChI is InChI=1S/C12H7IN4O3/c13-8-4-7(6-14)5-10(17(18)19)11(8)20-12-9(15)2-1-3-16-12/h1-5H,15H2. The molecule has 0 saturated heterocycles. The van der Waals surface area contributed by atoms with E-state index >= 15 is 0 Å². The van der Waals surface area contributed by atoms with Crippen LogP contribution in [0.25, 0.3) is 0 Å². The molecular weight excluding hydrogens is 375 g/mol. The van der Waals surface area contributed by atoms with E-state index in [0.29, 0.717) is 3.57 Å². The Balaban J connectivity index is 2.54. The molecule has 2 N–H and O–H groups in total. The number of ether oxygens (including phenoxy) is 1. The third-order valence-corrected chi connectivity index (χ3v) is 3.15. The van der Waals surface area contributed by atoms with Crippen molar-refractivity contribution in [2.75, 3.05) is 5.73 Å². The van der Waals surface area contributed by atoms with Crippen LogP contribution < -0.4 is 10.5 Å². The summed E-state index contributed by atoms with van der Waals surface area (Å²) in [7, 11) is 0. The Hall–Kier alpha value is -2.41. The SMILES string of the molecule is N#Cc1cc(I)c(Oc2ncccc2N)c([N+](=O)[O-])c1. The highest BCUT2D eigenvalue weighted by Crippen LogP contribution is 2.37. The van der Waals surface area contributed by atoms with Gasteiger partial charge in [0.05, 0.1) is 25.8 Å². The molecule has 2 rings (SSSR count). The van der Waals surface area contributed by atoms with Gasteiger partial charge in [-0.25, -0.2) is 4.98 Å². The zero-order valence-corrected chi connectivity index (χ0v) is 12.1. The molecule has 1 heterocycles. The van der Waals surface area contributed by atoms with Crippen LogP contribution in [0.5, 0.6) is 11.6 Å². The number of nitrogen functional groups attached to an aromatic ring is 1. The number of nitrogens with two attached hydrogens (primary N) is 1. The molecule has 1 aromatic carbocycles. The third-order valence-electron chi connectivity index (χ3n) is 2.35. The van der Waals surface area contributed by atoms with Crippen LogP contribution in [0.2, 0.25) is 0 Å². The highest BCUT2D eigenvalue weighted by molar-refractivity contribution is 14.1. The third kappa shape index (κ3) is 2.77. The number of benzene rings is 1. The van der Waals surface area contributed by atoms with E-state index in [1.54, 1.807) is 12.1 Å². The molecule has 0 radical (unpaired) electrons. The van der Waals surface area contributed by atoms with Crippen LogP contribution in [0.1, 0.15) is 5.56 Å². The van der Waals surface area contributed by atoms with Gasteiger partial charge >= 0.3 is 5.69 Å². The molecule has 100 valence electrons. The zero-order valence-electron chi connectivity index (χ0n) is 9.91. The number of pyridine rings is 1. The number of halogens is 1. The van der Waals surface area contributed by atoms with Gasteiger partial charge in [0.15, 0.2) is 0 Å². The van der Waals surface area contributed by atoms with Gasteiger partial charge in [-0.05, 0) is 40.8 Å². The average Bonchev–Trinajstić information content (AvgIpc) is 2.42. The van der Waals surface area contributed by atoms with Gasteiger partial charge < -0.3 is 10.5 Å². The minimum absolute atomic E-state index is 0.0139. The molecule has 1 aromatic heterocycles. The maximum Gasteiger partial charge on any atom is 0.314 e. The number of anilines is 1. The fourth-order valence-corrected chi connectivity index (χ4v) is 2.19. The summed E-state index contributed by atoms with van der Waals surface area (Å²) in [5.41, 5.74) is 5.83. The smallest absolute Gasteiger partial charge is 0.314 e. The van der Waals surface area contributed by atoms with Gasteiger partial charge in [0.25, 0.3) is 0 Å². The van der Waals surface area contributed by atoms with E-state index in [4.69, 9.17) is 15.7 Å². The number of rotatable bonds is 3. The Morgan fingerprint density at radius 2 is 2.25 bits per heavy atom. The number of nitro benzene ring substituents is 1. The first-order valence-corrected chi connectivity index (χ1v) is 6.37. The first kappa shape index (κ1) is 14.0. The number of hydrogen-bond acceptors (Lipinski definition) is 6. The van der Waals surface area contributed by atoms with Crippen molar-refractivity contribution in [3.63, 3.8) is 0 Å². The second-order valence-corrected chi connectivity index (χ2v) is 4.84. The lowest BCUT2D eigenvalue weighted by Gasteiger charge is -2.09. The van der Waals surface area contributed by atoms with Gasteiger partial charge in [-0.2, -0.15) is 5.26 Å². The van der Waals surface area contributed by atoms with Crippen molar-refractivity contribution in [1.29, 1.82) is 5.26 Å². The van der Waals surface area contributed by atoms with E-state index in [2.05, 4.69) is 4.98 Å². The second-order valence-electron chi connectivity index (χ2n) is 3.68. The highest BCUT2D eigenvalue weighted by atomic mass is 127. The highest BCUT2D eigenvalue weighted by Gasteiger charge is 2.22. The molecule has 0 aliphatic rings. The summed E-state index contributed by atoms with van der Waals surface area (Å²) >= 11 is 1.86. The van der Waals surface area contributed by atoms with Crippen molar-refractivity contribution in [2.24, 2.45) is 0 Å². The molecule has 2 aromatic rings. The lowest BCUT2D eigenvalue weighted by atomic mass is 10.2. The summed E-state index contributed by atoms with van der Waals surface area (Å²) in [6, 6.07) is 7.70. The Morgan fingerprint density at radius 3 is 2.85 bits per heavy atom. The van der Waals surface area contributed by atoms with E-state index in [1.165, 1.54) is 12.3 Å². The molecule has 7 nitrogen and oxygen atoms in total. The molecule has 0 unspecified atom stereocenters. The van der Waals surface area contributed by atoms with Crippen LogP contribution >= 0.6 is 22.6 Å². The maximum atomic E-state index is 11.1. The number of hydrogen-bond donors (Lipinski definition) is 1. The second kappa shape index (κ2) is 5.70. The molecular formula is C12H7IN4O3. The van der Waals surface area contributed by atoms with E-state index in [0.717, 1.165) is 6.07 Å². The lowest BCUT2D eigenvalue weighted by Crippen LogP contribution is -2.00. The molecule has 0 spiro atoms. The molecule has 8 heteroatoms. The summed E-state index contributed by atoms with van der Waals surface area (Å²) in [6.07, 6.45) is 1.47. The first-order valence-electron chi connectivity index (χ1n) is 5.29. The number of nitriles is 1. The Kier molecular flexibility index (Phi) is 3.99. The van der Waals surface area contributed by atoms with Crippen LogP contribution in [0.3, 0.4) is 0 Å². The number of nitrogens with zero attached hydrogens (tertiary/aromatic N) is 3. The molecule has 0 atom stereocenters. The van der Waals surface area contributed by atoms with Gasteiger partial charge in [-0.15, -0.1) is 0 Å². The molecule has 20 heavy (non-hydrogen) atoms. The van der Waals surface area contributed by atoms with Gasteiger partial charge in [0.1, 0.15) is 0 Å². The normalized spacial score (nSPS) is 9.80. The summed E-state index contributed by atoms with van der Waals surface area (Å²) in [5.74, 6) is 0.0956. The fourth-order valence-electron chi connectivity index (χ4n) is 1.47. The van der Waals surface area contributed by atoms with Gasteiger partial charge in [0, 0.05) is 12.3 Å². The zero-order chi connectivity index (χ0) is 14.7. The monoisotopic (exact) mass is 382 g/mol. The lowest BCUT2D eigenvalue weighted by molar-refractivity contribution is -0.385. The van der Waals surface area contributed by atoms with E-state index < -0.39 is 4.92 Å². The van der Waals surface area contributed by atoms with Gasteiger partial charge in [-0.3, -0.25) is 10.1 Å². The van der Waals surface area contributed by atoms with Gasteiger partial charge in [-0.1, -0.05) is 0 Å². The van der Waals surface area contributed by atoms with Crippen molar-refractivity contribution >= 4 is 34.0 Å². The maximum absolute atomic E-state index is 11.1. The van der Waals surface area contributed by atoms with Crippen molar-refractivity contribution in [2.45, 2.75) is 0 Å². The summed E-state index contributed by atoms with van der Waals surface area (Å²) in [6.45, 7) is 0. The van der Waals surface area contributed by atoms with Gasteiger partial charge in [0.2, 0.25) is 11.6 Å². The molecule has 0 bridgehead atoms. The van der Waals surface area contributed by atoms with Crippen LogP contribution in [0.15, 0.2) is 30.5 Å². The Morgan fingerprint density at radius 1 is 1.50 bits per heavy atom. The molecule has 0 aliphatic heterocycles. The van der Waals surface area contributed by atoms with Crippen molar-refractivity contribution in [3.05, 3.63) is 49.7 Å². The quantitative estimate of drug-likeness (QED) is 0.496. The molecule has 0 aliphatic carbocycles. The first-order chi connectivity index (χ1) is 9.52. The molecule has 0 saturated carbocycles. The van der Waals surface area contributed by atoms with Crippen molar-refractivity contribution < 1.29 is 9.66 Å².